The first-order valence-corrected chi connectivity index (χ1v) is 5.40. The van der Waals surface area contributed by atoms with Gasteiger partial charge in [-0.15, -0.1) is 0 Å². The zero-order chi connectivity index (χ0) is 11.9. The van der Waals surface area contributed by atoms with Crippen LogP contribution in [0.4, 0.5) is 0 Å². The highest BCUT2D eigenvalue weighted by atomic mass is 16.7. The second-order valence-electron chi connectivity index (χ2n) is 4.41. The van der Waals surface area contributed by atoms with Crippen LogP contribution in [0.5, 0.6) is 0 Å². The van der Waals surface area contributed by atoms with Gasteiger partial charge in [0.25, 0.3) is 0 Å². The maximum atomic E-state index is 12.2. The molecule has 0 radical (unpaired) electrons. The van der Waals surface area contributed by atoms with Crippen molar-refractivity contribution in [3.8, 4) is 0 Å². The molecule has 0 aromatic rings. The number of Topliss-reactive ketones (excluding diaryl/α,β-unsaturated/α-hetero) is 2. The highest BCUT2D eigenvalue weighted by Crippen LogP contribution is 2.46. The van der Waals surface area contributed by atoms with Crippen molar-refractivity contribution in [2.45, 2.75) is 19.1 Å². The minimum absolute atomic E-state index is 0.0634. The lowest BCUT2D eigenvalue weighted by Gasteiger charge is -2.47. The Labute approximate surface area is 94.6 Å². The molecule has 0 amide bonds. The quantitative estimate of drug-likeness (QED) is 0.529. The number of fused-ring (bicyclic) bond motifs is 2. The Morgan fingerprint density at radius 2 is 2.00 bits per heavy atom. The molecule has 0 spiro atoms. The van der Waals surface area contributed by atoms with Gasteiger partial charge in [-0.1, -0.05) is 12.2 Å². The van der Waals surface area contributed by atoms with E-state index in [-0.39, 0.29) is 29.3 Å². The van der Waals surface area contributed by atoms with Crippen molar-refractivity contribution in [3.63, 3.8) is 0 Å². The van der Waals surface area contributed by atoms with Gasteiger partial charge in [0, 0.05) is 26.1 Å². The van der Waals surface area contributed by atoms with Crippen LogP contribution in [0.15, 0.2) is 12.2 Å². The number of rotatable bonds is 3. The van der Waals surface area contributed by atoms with E-state index in [1.165, 1.54) is 21.1 Å². The summed E-state index contributed by atoms with van der Waals surface area (Å²) in [6, 6.07) is 0. The van der Waals surface area contributed by atoms with Crippen LogP contribution < -0.4 is 0 Å². The fraction of sp³-hybridized carbons (Fsp3) is 0.667. The number of hydrogen-bond donors (Lipinski definition) is 0. The first kappa shape index (κ1) is 11.5. The van der Waals surface area contributed by atoms with Gasteiger partial charge in [-0.05, 0) is 13.3 Å². The molecule has 0 aliphatic heterocycles. The third kappa shape index (κ3) is 1.30. The van der Waals surface area contributed by atoms with Crippen LogP contribution in [0.25, 0.3) is 0 Å². The fourth-order valence-electron chi connectivity index (χ4n) is 2.86. The molecule has 3 aliphatic carbocycles. The highest BCUT2D eigenvalue weighted by Gasteiger charge is 2.57. The van der Waals surface area contributed by atoms with Crippen molar-refractivity contribution in [3.05, 3.63) is 12.2 Å². The number of ether oxygens (including phenoxy) is 2. The van der Waals surface area contributed by atoms with Crippen molar-refractivity contribution >= 4 is 11.6 Å². The molecule has 88 valence electrons. The highest BCUT2D eigenvalue weighted by molar-refractivity contribution is 5.97. The van der Waals surface area contributed by atoms with Crippen LogP contribution in [-0.2, 0) is 19.1 Å². The van der Waals surface area contributed by atoms with E-state index in [9.17, 15) is 9.59 Å². The lowest BCUT2D eigenvalue weighted by molar-refractivity contribution is -0.239. The van der Waals surface area contributed by atoms with Crippen LogP contribution in [0.3, 0.4) is 0 Å². The Kier molecular flexibility index (Phi) is 2.72. The molecule has 0 unspecified atom stereocenters. The summed E-state index contributed by atoms with van der Waals surface area (Å²) in [5.74, 6) is -1.99. The SMILES string of the molecule is COC1(OC)C(=O)[C@@H]2C=C[C@@H]1C[C@@H]2C(C)=O. The van der Waals surface area contributed by atoms with Gasteiger partial charge in [-0.25, -0.2) is 0 Å². The molecule has 3 aliphatic rings. The van der Waals surface area contributed by atoms with Gasteiger partial charge in [0.15, 0.2) is 5.78 Å². The maximum absolute atomic E-state index is 12.2. The first-order valence-electron chi connectivity index (χ1n) is 5.40. The number of carbonyl (C=O) groups excluding carboxylic acids is 2. The molecular formula is C12H16O4. The normalized spacial score (nSPS) is 35.4. The van der Waals surface area contributed by atoms with Crippen molar-refractivity contribution in [2.75, 3.05) is 14.2 Å². The molecule has 16 heavy (non-hydrogen) atoms. The molecule has 0 heterocycles. The topological polar surface area (TPSA) is 52.6 Å². The Morgan fingerprint density at radius 1 is 1.38 bits per heavy atom. The zero-order valence-corrected chi connectivity index (χ0v) is 9.73. The first-order chi connectivity index (χ1) is 7.56. The molecule has 2 bridgehead atoms. The Bertz CT molecular complexity index is 354. The molecule has 0 aromatic carbocycles. The van der Waals surface area contributed by atoms with Crippen LogP contribution in [0.1, 0.15) is 13.3 Å². The minimum Gasteiger partial charge on any atom is -0.347 e. The molecule has 3 rings (SSSR count). The Hall–Kier alpha value is -1.00. The summed E-state index contributed by atoms with van der Waals surface area (Å²) in [7, 11) is 2.94. The summed E-state index contributed by atoms with van der Waals surface area (Å²) < 4.78 is 10.5. The zero-order valence-electron chi connectivity index (χ0n) is 9.73. The van der Waals surface area contributed by atoms with Crippen LogP contribution >= 0.6 is 0 Å². The average Bonchev–Trinajstić information content (AvgIpc) is 2.30. The summed E-state index contributed by atoms with van der Waals surface area (Å²) in [6.45, 7) is 1.54. The number of carbonyl (C=O) groups is 2. The van der Waals surface area contributed by atoms with E-state index in [0.29, 0.717) is 6.42 Å². The number of methoxy groups -OCH3 is 2. The Balaban J connectivity index is 2.39. The average molecular weight is 224 g/mol. The molecular weight excluding hydrogens is 208 g/mol. The number of ketones is 2. The van der Waals surface area contributed by atoms with Crippen LogP contribution in [-0.4, -0.2) is 31.6 Å². The van der Waals surface area contributed by atoms with Gasteiger partial charge in [-0.2, -0.15) is 0 Å². The molecule has 1 fully saturated rings. The lowest BCUT2D eigenvalue weighted by Crippen LogP contribution is -2.59. The third-order valence-corrected chi connectivity index (χ3v) is 3.76. The smallest absolute Gasteiger partial charge is 0.235 e. The fourth-order valence-corrected chi connectivity index (χ4v) is 2.86. The van der Waals surface area contributed by atoms with Crippen molar-refractivity contribution < 1.29 is 19.1 Å². The van der Waals surface area contributed by atoms with Gasteiger partial charge in [0.2, 0.25) is 5.79 Å². The molecule has 0 saturated heterocycles. The third-order valence-electron chi connectivity index (χ3n) is 3.76. The summed E-state index contributed by atoms with van der Waals surface area (Å²) in [4.78, 5) is 23.7. The van der Waals surface area contributed by atoms with Gasteiger partial charge in [-0.3, -0.25) is 9.59 Å². The predicted molar refractivity (Wildman–Crippen MR) is 56.7 cm³/mol. The monoisotopic (exact) mass is 224 g/mol. The Morgan fingerprint density at radius 3 is 2.44 bits per heavy atom. The van der Waals surface area contributed by atoms with E-state index in [1.807, 2.05) is 12.2 Å². The molecule has 1 saturated carbocycles. The summed E-state index contributed by atoms with van der Waals surface area (Å²) in [6.07, 6.45) is 4.38. The number of allylic oxidation sites excluding steroid dienone is 1. The number of hydrogen-bond acceptors (Lipinski definition) is 4. The van der Waals surface area contributed by atoms with Crippen molar-refractivity contribution in [1.29, 1.82) is 0 Å². The van der Waals surface area contributed by atoms with Gasteiger partial charge < -0.3 is 9.47 Å². The van der Waals surface area contributed by atoms with Crippen LogP contribution in [0, 0.1) is 17.8 Å². The molecule has 4 nitrogen and oxygen atoms in total. The molecule has 4 heteroatoms. The van der Waals surface area contributed by atoms with Gasteiger partial charge >= 0.3 is 0 Å². The molecule has 0 aromatic heterocycles. The molecule has 3 atom stereocenters. The van der Waals surface area contributed by atoms with E-state index >= 15 is 0 Å². The van der Waals surface area contributed by atoms with E-state index in [2.05, 4.69) is 0 Å². The second kappa shape index (κ2) is 3.79. The van der Waals surface area contributed by atoms with Crippen molar-refractivity contribution in [2.24, 2.45) is 17.8 Å². The van der Waals surface area contributed by atoms with Crippen LogP contribution in [0.2, 0.25) is 0 Å². The van der Waals surface area contributed by atoms with E-state index in [1.54, 1.807) is 0 Å². The van der Waals surface area contributed by atoms with Crippen molar-refractivity contribution in [1.82, 2.24) is 0 Å². The van der Waals surface area contributed by atoms with E-state index in [0.717, 1.165) is 0 Å². The molecule has 0 N–H and O–H groups in total. The standard InChI is InChI=1S/C12H16O4/c1-7(13)10-6-8-4-5-9(10)11(14)12(8,15-2)16-3/h4-5,8-10H,6H2,1-3H3/t8-,9-,10-/m1/s1. The van der Waals surface area contributed by atoms with Gasteiger partial charge in [0.1, 0.15) is 5.78 Å². The van der Waals surface area contributed by atoms with E-state index in [4.69, 9.17) is 9.47 Å². The summed E-state index contributed by atoms with van der Waals surface area (Å²) in [5.41, 5.74) is 0. The lowest BCUT2D eigenvalue weighted by atomic mass is 9.64. The predicted octanol–water partition coefficient (Wildman–Crippen LogP) is 0.956. The second-order valence-corrected chi connectivity index (χ2v) is 4.41. The summed E-state index contributed by atoms with van der Waals surface area (Å²) in [5, 5.41) is 0. The minimum atomic E-state index is -1.18. The largest absolute Gasteiger partial charge is 0.347 e. The van der Waals surface area contributed by atoms with Gasteiger partial charge in [0.05, 0.1) is 5.92 Å². The van der Waals surface area contributed by atoms with E-state index < -0.39 is 5.79 Å². The maximum Gasteiger partial charge on any atom is 0.235 e. The summed E-state index contributed by atoms with van der Waals surface area (Å²) >= 11 is 0.